The van der Waals surface area contributed by atoms with E-state index in [1.807, 2.05) is 20.8 Å². The van der Waals surface area contributed by atoms with Crippen LogP contribution in [0.3, 0.4) is 0 Å². The Morgan fingerprint density at radius 1 is 1.22 bits per heavy atom. The summed E-state index contributed by atoms with van der Waals surface area (Å²) in [6, 6.07) is 2.82. The van der Waals surface area contributed by atoms with Crippen LogP contribution in [0.2, 0.25) is 0 Å². The van der Waals surface area contributed by atoms with E-state index in [0.29, 0.717) is 5.76 Å². The average molecular weight is 252 g/mol. The Bertz CT molecular complexity index is 398. The molecule has 5 heteroatoms. The molecule has 0 aliphatic heterocycles. The first-order valence-electron chi connectivity index (χ1n) is 6.02. The van der Waals surface area contributed by atoms with Gasteiger partial charge in [0.2, 0.25) is 11.8 Å². The topological polar surface area (TPSA) is 71.3 Å². The number of carbonyl (C=O) groups excluding carboxylic acids is 2. The zero-order valence-electron chi connectivity index (χ0n) is 11.2. The van der Waals surface area contributed by atoms with Crippen molar-refractivity contribution >= 4 is 11.8 Å². The maximum Gasteiger partial charge on any atom is 0.243 e. The molecule has 0 aromatic carbocycles. The lowest BCUT2D eigenvalue weighted by Gasteiger charge is -2.22. The minimum absolute atomic E-state index is 0.0256. The van der Waals surface area contributed by atoms with Gasteiger partial charge in [-0.15, -0.1) is 0 Å². The van der Waals surface area contributed by atoms with Crippen LogP contribution in [-0.2, 0) is 9.59 Å². The van der Waals surface area contributed by atoms with E-state index in [4.69, 9.17) is 4.42 Å². The molecule has 2 atom stereocenters. The molecule has 0 aliphatic carbocycles. The van der Waals surface area contributed by atoms with Gasteiger partial charge in [0.15, 0.2) is 0 Å². The van der Waals surface area contributed by atoms with E-state index in [-0.39, 0.29) is 23.8 Å². The Balaban J connectivity index is 2.64. The van der Waals surface area contributed by atoms with E-state index < -0.39 is 6.04 Å². The predicted octanol–water partition coefficient (Wildman–Crippen LogP) is 1.62. The number of nitrogens with one attached hydrogen (secondary N) is 2. The van der Waals surface area contributed by atoms with Crippen LogP contribution in [0.1, 0.15) is 39.5 Å². The highest BCUT2D eigenvalue weighted by Gasteiger charge is 2.24. The third-order valence-corrected chi connectivity index (χ3v) is 2.64. The largest absolute Gasteiger partial charge is 0.467 e. The highest BCUT2D eigenvalue weighted by atomic mass is 16.3. The van der Waals surface area contributed by atoms with Crippen molar-refractivity contribution in [3.05, 3.63) is 24.2 Å². The molecular formula is C13H20N2O3. The maximum atomic E-state index is 12.1. The molecule has 0 saturated carbocycles. The molecule has 1 aromatic rings. The van der Waals surface area contributed by atoms with Crippen molar-refractivity contribution < 1.29 is 14.0 Å². The van der Waals surface area contributed by atoms with Gasteiger partial charge in [-0.25, -0.2) is 0 Å². The summed E-state index contributed by atoms with van der Waals surface area (Å²) in [5.74, 6) is 0.296. The Morgan fingerprint density at radius 2 is 1.89 bits per heavy atom. The number of amides is 2. The van der Waals surface area contributed by atoms with E-state index in [2.05, 4.69) is 10.6 Å². The number of carbonyl (C=O) groups is 2. The summed E-state index contributed by atoms with van der Waals surface area (Å²) < 4.78 is 5.22. The first kappa shape index (κ1) is 14.3. The van der Waals surface area contributed by atoms with Gasteiger partial charge >= 0.3 is 0 Å². The second-order valence-corrected chi connectivity index (χ2v) is 4.67. The number of rotatable bonds is 5. The molecule has 1 aromatic heterocycles. The molecular weight excluding hydrogens is 232 g/mol. The fourth-order valence-corrected chi connectivity index (χ4v) is 1.67. The van der Waals surface area contributed by atoms with Crippen molar-refractivity contribution in [3.63, 3.8) is 0 Å². The van der Waals surface area contributed by atoms with Crippen LogP contribution in [0.25, 0.3) is 0 Å². The molecule has 0 bridgehead atoms. The standard InChI is InChI=1S/C13H20N2O3/c1-8(2)12(15-10(4)16)13(17)14-9(3)11-6-5-7-18-11/h5-9,12H,1-4H3,(H,14,17)(H,15,16)/t9-,12+/m0/s1. The van der Waals surface area contributed by atoms with Crippen LogP contribution in [0.4, 0.5) is 0 Å². The summed E-state index contributed by atoms with van der Waals surface area (Å²) in [4.78, 5) is 23.1. The molecule has 5 nitrogen and oxygen atoms in total. The van der Waals surface area contributed by atoms with Crippen molar-refractivity contribution in [3.8, 4) is 0 Å². The molecule has 0 spiro atoms. The Labute approximate surface area is 107 Å². The number of hydrogen-bond donors (Lipinski definition) is 2. The van der Waals surface area contributed by atoms with Gasteiger partial charge in [-0.1, -0.05) is 13.8 Å². The molecule has 1 heterocycles. The Morgan fingerprint density at radius 3 is 2.33 bits per heavy atom. The van der Waals surface area contributed by atoms with Crippen molar-refractivity contribution in [2.24, 2.45) is 5.92 Å². The van der Waals surface area contributed by atoms with Gasteiger partial charge in [0.1, 0.15) is 11.8 Å². The summed E-state index contributed by atoms with van der Waals surface area (Å²) in [7, 11) is 0. The van der Waals surface area contributed by atoms with Crippen molar-refractivity contribution in [2.75, 3.05) is 0 Å². The minimum atomic E-state index is -0.528. The lowest BCUT2D eigenvalue weighted by Crippen LogP contribution is -2.49. The predicted molar refractivity (Wildman–Crippen MR) is 67.7 cm³/mol. The zero-order chi connectivity index (χ0) is 13.7. The molecule has 0 fully saturated rings. The van der Waals surface area contributed by atoms with Crippen molar-refractivity contribution in [1.82, 2.24) is 10.6 Å². The highest BCUT2D eigenvalue weighted by Crippen LogP contribution is 2.13. The normalized spacial score (nSPS) is 14.1. The monoisotopic (exact) mass is 252 g/mol. The molecule has 0 saturated heterocycles. The van der Waals surface area contributed by atoms with E-state index in [1.54, 1.807) is 18.4 Å². The van der Waals surface area contributed by atoms with Crippen molar-refractivity contribution in [2.45, 2.75) is 39.8 Å². The van der Waals surface area contributed by atoms with Gasteiger partial charge in [0.25, 0.3) is 0 Å². The highest BCUT2D eigenvalue weighted by molar-refractivity contribution is 5.87. The molecule has 1 rings (SSSR count). The average Bonchev–Trinajstić information content (AvgIpc) is 2.78. The molecule has 2 N–H and O–H groups in total. The summed E-state index contributed by atoms with van der Waals surface area (Å²) in [6.45, 7) is 7.01. The second-order valence-electron chi connectivity index (χ2n) is 4.67. The fourth-order valence-electron chi connectivity index (χ4n) is 1.67. The maximum absolute atomic E-state index is 12.1. The van der Waals surface area contributed by atoms with Crippen LogP contribution in [0.15, 0.2) is 22.8 Å². The summed E-state index contributed by atoms with van der Waals surface area (Å²) in [6.07, 6.45) is 1.56. The van der Waals surface area contributed by atoms with E-state index in [0.717, 1.165) is 0 Å². The summed E-state index contributed by atoms with van der Waals surface area (Å²) in [5.41, 5.74) is 0. The third-order valence-electron chi connectivity index (χ3n) is 2.64. The Kier molecular flexibility index (Phi) is 4.95. The third kappa shape index (κ3) is 3.91. The quantitative estimate of drug-likeness (QED) is 0.836. The number of hydrogen-bond acceptors (Lipinski definition) is 3. The molecule has 0 aliphatic rings. The molecule has 0 unspecified atom stereocenters. The van der Waals surface area contributed by atoms with Crippen LogP contribution >= 0.6 is 0 Å². The van der Waals surface area contributed by atoms with Crippen LogP contribution in [-0.4, -0.2) is 17.9 Å². The van der Waals surface area contributed by atoms with Gasteiger partial charge < -0.3 is 15.1 Å². The lowest BCUT2D eigenvalue weighted by atomic mass is 10.0. The van der Waals surface area contributed by atoms with Crippen molar-refractivity contribution in [1.29, 1.82) is 0 Å². The van der Waals surface area contributed by atoms with Gasteiger partial charge in [-0.3, -0.25) is 9.59 Å². The molecule has 2 amide bonds. The SMILES string of the molecule is CC(=O)N[C@@H](C(=O)N[C@@H](C)c1ccco1)C(C)C. The van der Waals surface area contributed by atoms with E-state index in [1.165, 1.54) is 6.92 Å². The van der Waals surface area contributed by atoms with Gasteiger partial charge in [0, 0.05) is 6.92 Å². The fraction of sp³-hybridized carbons (Fsp3) is 0.538. The van der Waals surface area contributed by atoms with Crippen LogP contribution in [0.5, 0.6) is 0 Å². The second kappa shape index (κ2) is 6.23. The zero-order valence-corrected chi connectivity index (χ0v) is 11.2. The molecule has 100 valence electrons. The Hall–Kier alpha value is -1.78. The first-order valence-corrected chi connectivity index (χ1v) is 6.02. The summed E-state index contributed by atoms with van der Waals surface area (Å²) in [5, 5.41) is 5.47. The smallest absolute Gasteiger partial charge is 0.243 e. The number of furan rings is 1. The van der Waals surface area contributed by atoms with Gasteiger partial charge in [-0.05, 0) is 25.0 Å². The van der Waals surface area contributed by atoms with E-state index >= 15 is 0 Å². The summed E-state index contributed by atoms with van der Waals surface area (Å²) >= 11 is 0. The van der Waals surface area contributed by atoms with Gasteiger partial charge in [0.05, 0.1) is 12.3 Å². The van der Waals surface area contributed by atoms with Crippen LogP contribution < -0.4 is 10.6 Å². The molecule has 0 radical (unpaired) electrons. The first-order chi connectivity index (χ1) is 8.41. The van der Waals surface area contributed by atoms with Gasteiger partial charge in [-0.2, -0.15) is 0 Å². The van der Waals surface area contributed by atoms with Crippen LogP contribution in [0, 0.1) is 5.92 Å². The molecule has 18 heavy (non-hydrogen) atoms. The lowest BCUT2D eigenvalue weighted by molar-refractivity contribution is -0.129. The van der Waals surface area contributed by atoms with E-state index in [9.17, 15) is 9.59 Å². The minimum Gasteiger partial charge on any atom is -0.467 e.